The first-order valence-corrected chi connectivity index (χ1v) is 9.94. The predicted molar refractivity (Wildman–Crippen MR) is 89.8 cm³/mol. The monoisotopic (exact) mass is 403 g/mol. The van der Waals surface area contributed by atoms with Crippen LogP contribution in [-0.2, 0) is 21.2 Å². The summed E-state index contributed by atoms with van der Waals surface area (Å²) in [5.74, 6) is -0.0803. The molecule has 1 atom stereocenters. The number of nitrogens with two attached hydrogens (primary N) is 1. The highest BCUT2D eigenvalue weighted by molar-refractivity contribution is 7.80. The second-order valence-electron chi connectivity index (χ2n) is 5.99. The third-order valence-electron chi connectivity index (χ3n) is 4.02. The number of nitrogens with zero attached hydrogens (tertiary/aromatic N) is 3. The summed E-state index contributed by atoms with van der Waals surface area (Å²) in [7, 11) is -4.85. The van der Waals surface area contributed by atoms with Crippen molar-refractivity contribution in [2.24, 2.45) is 5.73 Å². The second-order valence-corrected chi connectivity index (χ2v) is 8.03. The summed E-state index contributed by atoms with van der Waals surface area (Å²) in [6.07, 6.45) is 1.91. The third-order valence-corrected chi connectivity index (χ3v) is 5.61. The average Bonchev–Trinajstić information content (AvgIpc) is 3.07. The Bertz CT molecular complexity index is 866. The summed E-state index contributed by atoms with van der Waals surface area (Å²) in [5, 5.41) is 8.03. The lowest BCUT2D eigenvalue weighted by molar-refractivity contribution is -0.0307. The molecule has 1 aromatic heterocycles. The standard InChI is InChI=1S/C13H17N5O6S2/c14-10(15)4-2-1-3-9(19)12-16-7-5-17-6-8(11(7)25-12)18(13(17)20)24-26(21,22)23/h8H,1-6H2,(H3,14,15)(H,21,22,23). The molecule has 142 valence electrons. The van der Waals surface area contributed by atoms with Crippen molar-refractivity contribution in [3.63, 3.8) is 0 Å². The first kappa shape index (κ1) is 18.7. The number of hydroxylamine groups is 2. The Morgan fingerprint density at radius 1 is 1.42 bits per heavy atom. The minimum Gasteiger partial charge on any atom is -0.388 e. The molecule has 0 aromatic carbocycles. The van der Waals surface area contributed by atoms with Crippen molar-refractivity contribution in [1.82, 2.24) is 14.9 Å². The molecule has 2 aliphatic rings. The van der Waals surface area contributed by atoms with Crippen molar-refractivity contribution in [2.75, 3.05) is 6.54 Å². The Morgan fingerprint density at radius 2 is 2.12 bits per heavy atom. The molecule has 2 amide bonds. The van der Waals surface area contributed by atoms with E-state index in [1.807, 2.05) is 0 Å². The van der Waals surface area contributed by atoms with Crippen molar-refractivity contribution in [1.29, 1.82) is 5.41 Å². The number of aromatic nitrogens is 1. The smallest absolute Gasteiger partial charge is 0.388 e. The van der Waals surface area contributed by atoms with Gasteiger partial charge >= 0.3 is 16.4 Å². The van der Waals surface area contributed by atoms with Crippen LogP contribution in [0.15, 0.2) is 0 Å². The van der Waals surface area contributed by atoms with E-state index in [1.54, 1.807) is 0 Å². The number of urea groups is 1. The molecule has 2 aliphatic heterocycles. The van der Waals surface area contributed by atoms with Crippen LogP contribution in [0.25, 0.3) is 0 Å². The molecule has 26 heavy (non-hydrogen) atoms. The van der Waals surface area contributed by atoms with E-state index in [0.29, 0.717) is 34.9 Å². The van der Waals surface area contributed by atoms with E-state index in [1.165, 1.54) is 4.90 Å². The van der Waals surface area contributed by atoms with Crippen LogP contribution in [-0.4, -0.2) is 52.1 Å². The van der Waals surface area contributed by atoms with Crippen molar-refractivity contribution in [2.45, 2.75) is 38.3 Å². The highest BCUT2D eigenvalue weighted by Crippen LogP contribution is 2.41. The zero-order valence-electron chi connectivity index (χ0n) is 13.5. The molecular weight excluding hydrogens is 386 g/mol. The molecule has 1 saturated heterocycles. The van der Waals surface area contributed by atoms with E-state index in [9.17, 15) is 18.0 Å². The Hall–Kier alpha value is -2.09. The summed E-state index contributed by atoms with van der Waals surface area (Å²) >= 11 is 1.09. The summed E-state index contributed by atoms with van der Waals surface area (Å²) in [5.41, 5.74) is 5.79. The van der Waals surface area contributed by atoms with Gasteiger partial charge in [-0.1, -0.05) is 0 Å². The molecule has 1 unspecified atom stereocenters. The number of thiazole rings is 1. The minimum absolute atomic E-state index is 0.0795. The number of hydrogen-bond donors (Lipinski definition) is 3. The number of hydrogen-bond acceptors (Lipinski definition) is 8. The lowest BCUT2D eigenvalue weighted by Crippen LogP contribution is -2.32. The van der Waals surface area contributed by atoms with Gasteiger partial charge in [-0.2, -0.15) is 13.5 Å². The Balaban J connectivity index is 1.73. The molecule has 4 N–H and O–H groups in total. The number of amides is 2. The van der Waals surface area contributed by atoms with Crippen LogP contribution in [0.5, 0.6) is 0 Å². The SMILES string of the molecule is N=C(N)CCCCC(=O)c1nc2c(s1)C1CN(C2)C(=O)N1OS(=O)(=O)O. The zero-order valence-corrected chi connectivity index (χ0v) is 15.2. The molecule has 11 nitrogen and oxygen atoms in total. The quantitative estimate of drug-likeness (QED) is 0.189. The highest BCUT2D eigenvalue weighted by atomic mass is 32.3. The summed E-state index contributed by atoms with van der Waals surface area (Å²) in [6.45, 7) is 0.333. The molecular formula is C13H17N5O6S2. The van der Waals surface area contributed by atoms with Crippen LogP contribution in [0.4, 0.5) is 4.79 Å². The van der Waals surface area contributed by atoms with Gasteiger partial charge in [-0.15, -0.1) is 15.6 Å². The van der Waals surface area contributed by atoms with Crippen molar-refractivity contribution >= 4 is 39.4 Å². The van der Waals surface area contributed by atoms with Crippen LogP contribution in [0.2, 0.25) is 0 Å². The fourth-order valence-electron chi connectivity index (χ4n) is 2.89. The minimum atomic E-state index is -4.85. The van der Waals surface area contributed by atoms with Gasteiger partial charge in [0, 0.05) is 12.8 Å². The van der Waals surface area contributed by atoms with Gasteiger partial charge in [0.2, 0.25) is 0 Å². The lowest BCUT2D eigenvalue weighted by atomic mass is 10.1. The number of rotatable bonds is 8. The van der Waals surface area contributed by atoms with Gasteiger partial charge in [-0.3, -0.25) is 14.8 Å². The molecule has 1 fully saturated rings. The predicted octanol–water partition coefficient (Wildman–Crippen LogP) is 0.849. The van der Waals surface area contributed by atoms with Crippen molar-refractivity contribution in [3.8, 4) is 0 Å². The van der Waals surface area contributed by atoms with Gasteiger partial charge in [0.1, 0.15) is 6.04 Å². The van der Waals surface area contributed by atoms with Crippen LogP contribution in [0.1, 0.15) is 52.1 Å². The summed E-state index contributed by atoms with van der Waals surface area (Å²) < 4.78 is 35.2. The van der Waals surface area contributed by atoms with Crippen LogP contribution in [0.3, 0.4) is 0 Å². The maximum absolute atomic E-state index is 12.3. The largest absolute Gasteiger partial charge is 0.418 e. The zero-order chi connectivity index (χ0) is 19.1. The van der Waals surface area contributed by atoms with Gasteiger partial charge in [0.15, 0.2) is 10.8 Å². The number of nitrogens with one attached hydrogen (secondary N) is 1. The van der Waals surface area contributed by atoms with E-state index in [2.05, 4.69) is 9.27 Å². The number of fused-ring (bicyclic) bond motifs is 4. The number of ketones is 1. The van der Waals surface area contributed by atoms with Gasteiger partial charge < -0.3 is 10.6 Å². The molecule has 1 aromatic rings. The van der Waals surface area contributed by atoms with Gasteiger partial charge in [-0.25, -0.2) is 9.78 Å². The first-order chi connectivity index (χ1) is 12.2. The molecule has 0 spiro atoms. The number of amidine groups is 1. The van der Waals surface area contributed by atoms with E-state index in [-0.39, 0.29) is 36.1 Å². The van der Waals surface area contributed by atoms with Crippen LogP contribution >= 0.6 is 11.3 Å². The number of carbonyl (C=O) groups is 2. The Morgan fingerprint density at radius 3 is 2.77 bits per heavy atom. The molecule has 0 aliphatic carbocycles. The second kappa shape index (κ2) is 6.90. The van der Waals surface area contributed by atoms with Gasteiger partial charge in [-0.05, 0) is 12.8 Å². The van der Waals surface area contributed by atoms with Crippen LogP contribution < -0.4 is 5.73 Å². The average molecular weight is 403 g/mol. The van der Waals surface area contributed by atoms with Gasteiger partial charge in [0.05, 0.1) is 29.5 Å². The van der Waals surface area contributed by atoms with E-state index in [0.717, 1.165) is 11.3 Å². The lowest BCUT2D eigenvalue weighted by Gasteiger charge is -2.20. The maximum atomic E-state index is 12.3. The van der Waals surface area contributed by atoms with E-state index in [4.69, 9.17) is 15.7 Å². The fourth-order valence-corrected chi connectivity index (χ4v) is 4.37. The molecule has 0 saturated carbocycles. The van der Waals surface area contributed by atoms with Crippen LogP contribution in [0, 0.1) is 5.41 Å². The molecule has 13 heteroatoms. The van der Waals surface area contributed by atoms with Crippen molar-refractivity contribution in [3.05, 3.63) is 15.6 Å². The summed E-state index contributed by atoms with van der Waals surface area (Å²) in [4.78, 5) is 30.6. The summed E-state index contributed by atoms with van der Waals surface area (Å²) in [6, 6.07) is -1.43. The number of Topliss-reactive ketones (excluding diaryl/α,β-unsaturated/α-hetero) is 1. The number of unbranched alkanes of at least 4 members (excludes halogenated alkanes) is 1. The van der Waals surface area contributed by atoms with Gasteiger partial charge in [0.25, 0.3) is 0 Å². The topological polar surface area (TPSA) is 167 Å². The molecule has 3 heterocycles. The third kappa shape index (κ3) is 3.85. The first-order valence-electron chi connectivity index (χ1n) is 7.76. The highest BCUT2D eigenvalue weighted by Gasteiger charge is 2.47. The van der Waals surface area contributed by atoms with E-state index < -0.39 is 22.5 Å². The number of carbonyl (C=O) groups excluding carboxylic acids is 2. The molecule has 2 bridgehead atoms. The Labute approximate surface area is 153 Å². The van der Waals surface area contributed by atoms with E-state index >= 15 is 0 Å². The van der Waals surface area contributed by atoms with Crippen molar-refractivity contribution < 1.29 is 26.8 Å². The normalized spacial score (nSPS) is 19.0. The molecule has 0 radical (unpaired) electrons. The fraction of sp³-hybridized carbons (Fsp3) is 0.538. The molecule has 3 rings (SSSR count). The maximum Gasteiger partial charge on any atom is 0.418 e. The Kier molecular flexibility index (Phi) is 4.96.